The highest BCUT2D eigenvalue weighted by Gasteiger charge is 2.17. The maximum Gasteiger partial charge on any atom is 0.293 e. The number of aromatic nitrogens is 1. The van der Waals surface area contributed by atoms with Crippen LogP contribution in [0.1, 0.15) is 16.1 Å². The van der Waals surface area contributed by atoms with E-state index in [4.69, 9.17) is 0 Å². The summed E-state index contributed by atoms with van der Waals surface area (Å²) in [5.41, 5.74) is 0.982. The highest BCUT2D eigenvalue weighted by atomic mass is 16.6. The number of benzene rings is 1. The minimum atomic E-state index is -0.527. The minimum Gasteiger partial charge on any atom is -0.315 e. The van der Waals surface area contributed by atoms with E-state index in [1.54, 1.807) is 25.1 Å². The van der Waals surface area contributed by atoms with Crippen LogP contribution in [-0.4, -0.2) is 15.8 Å². The van der Waals surface area contributed by atoms with Gasteiger partial charge in [-0.1, -0.05) is 12.1 Å². The van der Waals surface area contributed by atoms with E-state index in [0.29, 0.717) is 0 Å². The summed E-state index contributed by atoms with van der Waals surface area (Å²) in [6, 6.07) is 9.51. The number of anilines is 1. The van der Waals surface area contributed by atoms with Crippen LogP contribution in [0.3, 0.4) is 0 Å². The summed E-state index contributed by atoms with van der Waals surface area (Å²) < 4.78 is 0. The Morgan fingerprint density at radius 1 is 1.32 bits per heavy atom. The molecule has 1 N–H and O–H groups in total. The van der Waals surface area contributed by atoms with Crippen molar-refractivity contribution in [2.24, 2.45) is 0 Å². The lowest BCUT2D eigenvalue weighted by Gasteiger charge is -2.06. The largest absolute Gasteiger partial charge is 0.315 e. The van der Waals surface area contributed by atoms with Gasteiger partial charge in [0.05, 0.1) is 4.92 Å². The molecule has 0 aliphatic carbocycles. The summed E-state index contributed by atoms with van der Waals surface area (Å²) in [6.45, 7) is 1.75. The Kier molecular flexibility index (Phi) is 3.51. The van der Waals surface area contributed by atoms with Gasteiger partial charge in [0.25, 0.3) is 11.6 Å². The Morgan fingerprint density at radius 2 is 2.11 bits per heavy atom. The maximum absolute atomic E-state index is 11.9. The van der Waals surface area contributed by atoms with Crippen molar-refractivity contribution in [2.75, 3.05) is 5.32 Å². The van der Waals surface area contributed by atoms with Gasteiger partial charge in [-0.15, -0.1) is 0 Å². The first-order chi connectivity index (χ1) is 9.08. The number of hydrogen-bond donors (Lipinski definition) is 1. The number of hydrogen-bond acceptors (Lipinski definition) is 4. The van der Waals surface area contributed by atoms with Crippen molar-refractivity contribution in [2.45, 2.75) is 6.92 Å². The molecule has 1 amide bonds. The van der Waals surface area contributed by atoms with Gasteiger partial charge >= 0.3 is 0 Å². The van der Waals surface area contributed by atoms with Crippen LogP contribution < -0.4 is 5.32 Å². The van der Waals surface area contributed by atoms with E-state index in [1.807, 2.05) is 0 Å². The van der Waals surface area contributed by atoms with E-state index in [-0.39, 0.29) is 17.1 Å². The molecule has 0 atom stereocenters. The molecular weight excluding hydrogens is 246 g/mol. The number of pyridine rings is 1. The lowest BCUT2D eigenvalue weighted by molar-refractivity contribution is -0.384. The second kappa shape index (κ2) is 5.26. The third-order valence-electron chi connectivity index (χ3n) is 2.50. The number of nitro groups is 1. The fourth-order valence-electron chi connectivity index (χ4n) is 1.58. The summed E-state index contributed by atoms with van der Waals surface area (Å²) in [4.78, 5) is 26.2. The van der Waals surface area contributed by atoms with E-state index in [1.165, 1.54) is 24.4 Å². The van der Waals surface area contributed by atoms with Crippen LogP contribution >= 0.6 is 0 Å². The van der Waals surface area contributed by atoms with Crippen molar-refractivity contribution in [1.29, 1.82) is 0 Å². The highest BCUT2D eigenvalue weighted by Crippen LogP contribution is 2.25. The number of rotatable bonds is 3. The number of carbonyl (C=O) groups excluding carboxylic acids is 1. The average molecular weight is 257 g/mol. The molecule has 0 aliphatic heterocycles. The normalized spacial score (nSPS) is 9.95. The number of nitrogens with one attached hydrogen (secondary N) is 1. The van der Waals surface area contributed by atoms with Crippen molar-refractivity contribution in [3.05, 3.63) is 64.0 Å². The van der Waals surface area contributed by atoms with Gasteiger partial charge in [-0.2, -0.15) is 0 Å². The molecule has 1 aromatic carbocycles. The molecule has 0 saturated heterocycles. The first-order valence-electron chi connectivity index (χ1n) is 5.55. The van der Waals surface area contributed by atoms with Crippen molar-refractivity contribution in [3.8, 4) is 0 Å². The van der Waals surface area contributed by atoms with Crippen LogP contribution in [0.4, 0.5) is 11.4 Å². The van der Waals surface area contributed by atoms with E-state index in [2.05, 4.69) is 10.3 Å². The van der Waals surface area contributed by atoms with Crippen LogP contribution in [0.25, 0.3) is 0 Å². The fourth-order valence-corrected chi connectivity index (χ4v) is 1.58. The van der Waals surface area contributed by atoms with E-state index in [0.717, 1.165) is 5.56 Å². The van der Waals surface area contributed by atoms with Gasteiger partial charge in [0.2, 0.25) is 0 Å². The second-order valence-corrected chi connectivity index (χ2v) is 3.95. The lowest BCUT2D eigenvalue weighted by atomic mass is 10.2. The fraction of sp³-hybridized carbons (Fsp3) is 0.0769. The summed E-state index contributed by atoms with van der Waals surface area (Å²) in [5, 5.41) is 13.4. The third-order valence-corrected chi connectivity index (χ3v) is 2.50. The van der Waals surface area contributed by atoms with Crippen LogP contribution in [0, 0.1) is 17.0 Å². The molecule has 0 spiro atoms. The lowest BCUT2D eigenvalue weighted by Crippen LogP contribution is -2.14. The number of nitro benzene ring substituents is 1. The molecule has 0 unspecified atom stereocenters. The van der Waals surface area contributed by atoms with Gasteiger partial charge in [0.1, 0.15) is 11.4 Å². The Morgan fingerprint density at radius 3 is 2.74 bits per heavy atom. The molecule has 19 heavy (non-hydrogen) atoms. The van der Waals surface area contributed by atoms with Crippen molar-refractivity contribution in [1.82, 2.24) is 4.98 Å². The predicted molar refractivity (Wildman–Crippen MR) is 70.0 cm³/mol. The highest BCUT2D eigenvalue weighted by molar-refractivity contribution is 6.04. The molecule has 0 aliphatic rings. The topological polar surface area (TPSA) is 85.1 Å². The Labute approximate surface area is 109 Å². The van der Waals surface area contributed by atoms with Crippen LogP contribution in [0.15, 0.2) is 42.6 Å². The maximum atomic E-state index is 11.9. The molecule has 96 valence electrons. The van der Waals surface area contributed by atoms with E-state index >= 15 is 0 Å². The van der Waals surface area contributed by atoms with Crippen molar-refractivity contribution in [3.63, 3.8) is 0 Å². The van der Waals surface area contributed by atoms with E-state index in [9.17, 15) is 14.9 Å². The zero-order valence-electron chi connectivity index (χ0n) is 10.2. The molecular formula is C13H11N3O3. The zero-order chi connectivity index (χ0) is 13.8. The SMILES string of the molecule is Cc1ccc(NC(=O)c2ccccn2)c([N+](=O)[O-])c1. The van der Waals surface area contributed by atoms with Gasteiger partial charge in [-0.3, -0.25) is 19.9 Å². The molecule has 0 fully saturated rings. The van der Waals surface area contributed by atoms with E-state index < -0.39 is 10.8 Å². The Bertz CT molecular complexity index is 626. The van der Waals surface area contributed by atoms with Gasteiger partial charge < -0.3 is 5.32 Å². The molecule has 6 nitrogen and oxygen atoms in total. The van der Waals surface area contributed by atoms with Crippen LogP contribution in [0.2, 0.25) is 0 Å². The molecule has 2 aromatic rings. The molecule has 0 bridgehead atoms. The summed E-state index contributed by atoms with van der Waals surface area (Å²) in [7, 11) is 0. The van der Waals surface area contributed by atoms with Crippen molar-refractivity contribution < 1.29 is 9.72 Å². The number of aryl methyl sites for hydroxylation is 1. The quantitative estimate of drug-likeness (QED) is 0.676. The molecule has 0 saturated carbocycles. The predicted octanol–water partition coefficient (Wildman–Crippen LogP) is 2.55. The first kappa shape index (κ1) is 12.7. The van der Waals surface area contributed by atoms with Gasteiger partial charge in [-0.25, -0.2) is 0 Å². The van der Waals surface area contributed by atoms with Gasteiger partial charge in [-0.05, 0) is 30.7 Å². The van der Waals surface area contributed by atoms with Gasteiger partial charge in [0, 0.05) is 12.3 Å². The number of nitrogens with zero attached hydrogens (tertiary/aromatic N) is 2. The average Bonchev–Trinajstić information content (AvgIpc) is 2.41. The number of amides is 1. The second-order valence-electron chi connectivity index (χ2n) is 3.95. The Balaban J connectivity index is 2.29. The third kappa shape index (κ3) is 2.92. The molecule has 1 aromatic heterocycles. The minimum absolute atomic E-state index is 0.135. The molecule has 0 radical (unpaired) electrons. The molecule has 2 rings (SSSR count). The van der Waals surface area contributed by atoms with Crippen LogP contribution in [-0.2, 0) is 0 Å². The monoisotopic (exact) mass is 257 g/mol. The van der Waals surface area contributed by atoms with Gasteiger partial charge in [0.15, 0.2) is 0 Å². The van der Waals surface area contributed by atoms with Crippen molar-refractivity contribution >= 4 is 17.3 Å². The molecule has 6 heteroatoms. The Hall–Kier alpha value is -2.76. The van der Waals surface area contributed by atoms with Crippen LogP contribution in [0.5, 0.6) is 0 Å². The molecule has 1 heterocycles. The number of carbonyl (C=O) groups is 1. The summed E-state index contributed by atoms with van der Waals surface area (Å²) >= 11 is 0. The summed E-state index contributed by atoms with van der Waals surface area (Å²) in [5.74, 6) is -0.479. The first-order valence-corrected chi connectivity index (χ1v) is 5.55. The standard InChI is InChI=1S/C13H11N3O3/c1-9-5-6-10(12(8-9)16(18)19)15-13(17)11-4-2-3-7-14-11/h2-8H,1H3,(H,15,17). The summed E-state index contributed by atoms with van der Waals surface area (Å²) in [6.07, 6.45) is 1.48. The zero-order valence-corrected chi connectivity index (χ0v) is 10.2. The smallest absolute Gasteiger partial charge is 0.293 e.